The maximum Gasteiger partial charge on any atom is 0.169 e. The number of hydrogen-bond acceptors (Lipinski definition) is 4. The maximum absolute atomic E-state index is 5.24. The highest BCUT2D eigenvalue weighted by molar-refractivity contribution is 5.50. The first-order valence-corrected chi connectivity index (χ1v) is 5.46. The lowest BCUT2D eigenvalue weighted by atomic mass is 10.1. The van der Waals surface area contributed by atoms with Crippen molar-refractivity contribution in [1.82, 2.24) is 9.97 Å². The maximum atomic E-state index is 5.24. The van der Waals surface area contributed by atoms with Crippen molar-refractivity contribution in [3.8, 4) is 5.75 Å². The van der Waals surface area contributed by atoms with Gasteiger partial charge >= 0.3 is 0 Å². The molecule has 0 aromatic carbocycles. The molecule has 0 aliphatic rings. The molecule has 0 amide bonds. The Morgan fingerprint density at radius 1 is 1.18 bits per heavy atom. The molecule has 0 aliphatic heterocycles. The van der Waals surface area contributed by atoms with Gasteiger partial charge in [-0.3, -0.25) is 4.98 Å². The van der Waals surface area contributed by atoms with E-state index in [0.29, 0.717) is 0 Å². The summed E-state index contributed by atoms with van der Waals surface area (Å²) in [4.78, 5) is 8.26. The number of nitrogens with zero attached hydrogens (tertiary/aromatic N) is 2. The normalized spacial score (nSPS) is 11.9. The van der Waals surface area contributed by atoms with Gasteiger partial charge in [-0.15, -0.1) is 0 Å². The molecule has 2 heterocycles. The zero-order valence-corrected chi connectivity index (χ0v) is 9.92. The minimum Gasteiger partial charge on any atom is -0.493 e. The molecule has 17 heavy (non-hydrogen) atoms. The Morgan fingerprint density at radius 2 is 1.94 bits per heavy atom. The molecular formula is C13H15N3O. The van der Waals surface area contributed by atoms with Gasteiger partial charge in [-0.1, -0.05) is 0 Å². The van der Waals surface area contributed by atoms with Crippen LogP contribution in [0.3, 0.4) is 0 Å². The first-order valence-electron chi connectivity index (χ1n) is 5.46. The summed E-state index contributed by atoms with van der Waals surface area (Å²) in [6, 6.07) is 7.84. The SMILES string of the molecule is COc1cccnc1NC(C)c1ccncc1. The topological polar surface area (TPSA) is 47.0 Å². The van der Waals surface area contributed by atoms with Gasteiger partial charge in [-0.05, 0) is 36.8 Å². The molecule has 4 heteroatoms. The summed E-state index contributed by atoms with van der Waals surface area (Å²) in [5.74, 6) is 1.49. The lowest BCUT2D eigenvalue weighted by Gasteiger charge is -2.16. The van der Waals surface area contributed by atoms with E-state index in [9.17, 15) is 0 Å². The number of rotatable bonds is 4. The molecule has 2 rings (SSSR count). The summed E-state index contributed by atoms with van der Waals surface area (Å²) >= 11 is 0. The second-order valence-electron chi connectivity index (χ2n) is 3.70. The van der Waals surface area contributed by atoms with Crippen molar-refractivity contribution >= 4 is 5.82 Å². The van der Waals surface area contributed by atoms with Gasteiger partial charge in [0, 0.05) is 18.6 Å². The quantitative estimate of drug-likeness (QED) is 0.875. The van der Waals surface area contributed by atoms with Gasteiger partial charge in [0.2, 0.25) is 0 Å². The lowest BCUT2D eigenvalue weighted by molar-refractivity contribution is 0.414. The van der Waals surface area contributed by atoms with Crippen molar-refractivity contribution in [2.45, 2.75) is 13.0 Å². The first kappa shape index (κ1) is 11.4. The number of hydrogen-bond donors (Lipinski definition) is 1. The summed E-state index contributed by atoms with van der Waals surface area (Å²) in [6.45, 7) is 2.07. The van der Waals surface area contributed by atoms with E-state index < -0.39 is 0 Å². The standard InChI is InChI=1S/C13H15N3O/c1-10(11-5-8-14-9-6-11)16-13-12(17-2)4-3-7-15-13/h3-10H,1-2H3,(H,15,16). The Morgan fingerprint density at radius 3 is 2.65 bits per heavy atom. The Balaban J connectivity index is 2.16. The Hall–Kier alpha value is -2.10. The summed E-state index contributed by atoms with van der Waals surface area (Å²) in [6.07, 6.45) is 5.30. The number of ether oxygens (including phenoxy) is 1. The Labute approximate surface area is 101 Å². The van der Waals surface area contributed by atoms with Crippen LogP contribution in [0.1, 0.15) is 18.5 Å². The van der Waals surface area contributed by atoms with E-state index in [0.717, 1.165) is 17.1 Å². The largest absolute Gasteiger partial charge is 0.493 e. The van der Waals surface area contributed by atoms with Crippen molar-refractivity contribution in [2.75, 3.05) is 12.4 Å². The van der Waals surface area contributed by atoms with Gasteiger partial charge in [0.15, 0.2) is 11.6 Å². The predicted molar refractivity (Wildman–Crippen MR) is 67.1 cm³/mol. The van der Waals surface area contributed by atoms with Crippen molar-refractivity contribution in [2.24, 2.45) is 0 Å². The third-order valence-electron chi connectivity index (χ3n) is 2.55. The number of anilines is 1. The van der Waals surface area contributed by atoms with Gasteiger partial charge in [0.25, 0.3) is 0 Å². The van der Waals surface area contributed by atoms with Crippen molar-refractivity contribution < 1.29 is 4.74 Å². The van der Waals surface area contributed by atoms with E-state index in [2.05, 4.69) is 22.2 Å². The van der Waals surface area contributed by atoms with Crippen LogP contribution in [0, 0.1) is 0 Å². The number of aromatic nitrogens is 2. The fourth-order valence-electron chi connectivity index (χ4n) is 1.60. The van der Waals surface area contributed by atoms with Crippen molar-refractivity contribution in [3.05, 3.63) is 48.4 Å². The fourth-order valence-corrected chi connectivity index (χ4v) is 1.60. The molecule has 0 fully saturated rings. The summed E-state index contributed by atoms with van der Waals surface area (Å²) in [7, 11) is 1.64. The second-order valence-corrected chi connectivity index (χ2v) is 3.70. The zero-order chi connectivity index (χ0) is 12.1. The highest BCUT2D eigenvalue weighted by atomic mass is 16.5. The Kier molecular flexibility index (Phi) is 3.55. The minimum absolute atomic E-state index is 0.154. The zero-order valence-electron chi connectivity index (χ0n) is 9.92. The molecule has 88 valence electrons. The summed E-state index contributed by atoms with van der Waals surface area (Å²) in [5, 5.41) is 3.31. The van der Waals surface area contributed by atoms with Gasteiger partial charge in [0.05, 0.1) is 13.2 Å². The Bertz CT molecular complexity index is 473. The molecule has 0 saturated carbocycles. The van der Waals surface area contributed by atoms with Gasteiger partial charge < -0.3 is 10.1 Å². The van der Waals surface area contributed by atoms with Crippen LogP contribution in [-0.2, 0) is 0 Å². The molecule has 0 saturated heterocycles. The molecule has 2 aromatic rings. The van der Waals surface area contributed by atoms with Crippen LogP contribution in [0.15, 0.2) is 42.9 Å². The van der Waals surface area contributed by atoms with Crippen LogP contribution in [0.25, 0.3) is 0 Å². The van der Waals surface area contributed by atoms with Gasteiger partial charge in [0.1, 0.15) is 0 Å². The van der Waals surface area contributed by atoms with Crippen LogP contribution in [0.5, 0.6) is 5.75 Å². The van der Waals surface area contributed by atoms with Crippen LogP contribution < -0.4 is 10.1 Å². The first-order chi connectivity index (χ1) is 8.31. The van der Waals surface area contributed by atoms with Crippen LogP contribution in [0.4, 0.5) is 5.82 Å². The molecule has 1 N–H and O–H groups in total. The number of nitrogens with one attached hydrogen (secondary N) is 1. The van der Waals surface area contributed by atoms with E-state index in [-0.39, 0.29) is 6.04 Å². The molecule has 0 spiro atoms. The molecule has 0 bridgehead atoms. The van der Waals surface area contributed by atoms with Crippen LogP contribution in [-0.4, -0.2) is 17.1 Å². The third-order valence-corrected chi connectivity index (χ3v) is 2.55. The highest BCUT2D eigenvalue weighted by Crippen LogP contribution is 2.24. The van der Waals surface area contributed by atoms with E-state index in [1.807, 2.05) is 24.3 Å². The van der Waals surface area contributed by atoms with Crippen molar-refractivity contribution in [3.63, 3.8) is 0 Å². The van der Waals surface area contributed by atoms with E-state index >= 15 is 0 Å². The third kappa shape index (κ3) is 2.72. The highest BCUT2D eigenvalue weighted by Gasteiger charge is 2.08. The van der Waals surface area contributed by atoms with Gasteiger partial charge in [-0.2, -0.15) is 0 Å². The van der Waals surface area contributed by atoms with Gasteiger partial charge in [-0.25, -0.2) is 4.98 Å². The van der Waals surface area contributed by atoms with E-state index in [4.69, 9.17) is 4.74 Å². The molecule has 1 atom stereocenters. The summed E-state index contributed by atoms with van der Waals surface area (Å²) < 4.78 is 5.24. The van der Waals surface area contributed by atoms with Crippen LogP contribution >= 0.6 is 0 Å². The fraction of sp³-hybridized carbons (Fsp3) is 0.231. The summed E-state index contributed by atoms with van der Waals surface area (Å²) in [5.41, 5.74) is 1.16. The molecule has 1 unspecified atom stereocenters. The molecule has 4 nitrogen and oxygen atoms in total. The molecular weight excluding hydrogens is 214 g/mol. The van der Waals surface area contributed by atoms with E-state index in [1.165, 1.54) is 0 Å². The molecule has 0 aliphatic carbocycles. The average Bonchev–Trinajstić information content (AvgIpc) is 2.40. The molecule has 2 aromatic heterocycles. The van der Waals surface area contributed by atoms with Crippen molar-refractivity contribution in [1.29, 1.82) is 0 Å². The molecule has 0 radical (unpaired) electrons. The monoisotopic (exact) mass is 229 g/mol. The number of methoxy groups -OCH3 is 1. The minimum atomic E-state index is 0.154. The average molecular weight is 229 g/mol. The number of pyridine rings is 2. The lowest BCUT2D eigenvalue weighted by Crippen LogP contribution is -2.08. The predicted octanol–water partition coefficient (Wildman–Crippen LogP) is 2.66. The second kappa shape index (κ2) is 5.30. The van der Waals surface area contributed by atoms with Crippen LogP contribution in [0.2, 0.25) is 0 Å². The van der Waals surface area contributed by atoms with E-state index in [1.54, 1.807) is 25.7 Å². The smallest absolute Gasteiger partial charge is 0.169 e.